The van der Waals surface area contributed by atoms with Crippen molar-refractivity contribution in [3.8, 4) is 5.82 Å². The maximum atomic E-state index is 12.8. The van der Waals surface area contributed by atoms with Crippen LogP contribution in [0.4, 0.5) is 0 Å². The number of hydrogen-bond acceptors (Lipinski definition) is 5. The molecule has 7 heteroatoms. The van der Waals surface area contributed by atoms with E-state index in [1.165, 1.54) is 0 Å². The van der Waals surface area contributed by atoms with Gasteiger partial charge in [0, 0.05) is 31.2 Å². The number of imidazole rings is 1. The van der Waals surface area contributed by atoms with Gasteiger partial charge >= 0.3 is 0 Å². The fourth-order valence-electron chi connectivity index (χ4n) is 3.07. The van der Waals surface area contributed by atoms with Gasteiger partial charge in [-0.1, -0.05) is 5.16 Å². The van der Waals surface area contributed by atoms with E-state index in [1.807, 2.05) is 30.2 Å². The van der Waals surface area contributed by atoms with E-state index in [9.17, 15) is 4.79 Å². The zero-order valence-corrected chi connectivity index (χ0v) is 13.3. The van der Waals surface area contributed by atoms with Gasteiger partial charge in [-0.15, -0.1) is 0 Å². The van der Waals surface area contributed by atoms with E-state index < -0.39 is 0 Å². The molecule has 0 aliphatic carbocycles. The summed E-state index contributed by atoms with van der Waals surface area (Å²) in [6, 6.07) is 5.47. The first-order valence-corrected chi connectivity index (χ1v) is 7.91. The molecule has 24 heavy (non-hydrogen) atoms. The minimum Gasteiger partial charge on any atom is -0.359 e. The monoisotopic (exact) mass is 323 g/mol. The van der Waals surface area contributed by atoms with Gasteiger partial charge in [0.2, 0.25) is 0 Å². The van der Waals surface area contributed by atoms with Gasteiger partial charge in [0.05, 0.1) is 17.3 Å². The Morgan fingerprint density at radius 3 is 2.96 bits per heavy atom. The molecule has 1 atom stereocenters. The van der Waals surface area contributed by atoms with Crippen molar-refractivity contribution in [3.63, 3.8) is 0 Å². The van der Waals surface area contributed by atoms with E-state index in [4.69, 9.17) is 4.52 Å². The third-order valence-corrected chi connectivity index (χ3v) is 4.25. The predicted molar refractivity (Wildman–Crippen MR) is 85.6 cm³/mol. The Morgan fingerprint density at radius 1 is 1.38 bits per heavy atom. The van der Waals surface area contributed by atoms with E-state index >= 15 is 0 Å². The van der Waals surface area contributed by atoms with Crippen molar-refractivity contribution in [2.24, 2.45) is 0 Å². The second-order valence-corrected chi connectivity index (χ2v) is 5.90. The van der Waals surface area contributed by atoms with Gasteiger partial charge in [0.15, 0.2) is 5.76 Å². The average molecular weight is 323 g/mol. The Morgan fingerprint density at radius 2 is 2.29 bits per heavy atom. The van der Waals surface area contributed by atoms with Crippen molar-refractivity contribution in [3.05, 3.63) is 60.1 Å². The molecular formula is C17H17N5O2. The van der Waals surface area contributed by atoms with Crippen molar-refractivity contribution in [1.82, 2.24) is 24.6 Å². The number of carbonyl (C=O) groups is 1. The Labute approximate surface area is 138 Å². The molecule has 122 valence electrons. The lowest BCUT2D eigenvalue weighted by Gasteiger charge is -2.22. The van der Waals surface area contributed by atoms with Gasteiger partial charge < -0.3 is 9.42 Å². The van der Waals surface area contributed by atoms with Gasteiger partial charge in [-0.3, -0.25) is 9.36 Å². The molecule has 4 rings (SSSR count). The number of pyridine rings is 1. The van der Waals surface area contributed by atoms with Crippen LogP contribution in [-0.4, -0.2) is 37.0 Å². The lowest BCUT2D eigenvalue weighted by molar-refractivity contribution is 0.0714. The molecule has 0 saturated carbocycles. The number of hydrogen-bond donors (Lipinski definition) is 0. The zero-order chi connectivity index (χ0) is 16.5. The normalized spacial score (nSPS) is 17.4. The SMILES string of the molecule is Cc1cc(C2CCCN2C(=O)c2ccc(-n3ccnc3)nc2)on1. The summed E-state index contributed by atoms with van der Waals surface area (Å²) >= 11 is 0. The standard InChI is InChI=1S/C17H17N5O2/c1-12-9-15(24-20-12)14-3-2-7-22(14)17(23)13-4-5-16(19-10-13)21-8-6-18-11-21/h4-6,8-11,14H,2-3,7H2,1H3. The average Bonchev–Trinajstić information content (AvgIpc) is 3.35. The zero-order valence-electron chi connectivity index (χ0n) is 13.3. The van der Waals surface area contributed by atoms with Crippen LogP contribution in [0.25, 0.3) is 5.82 Å². The summed E-state index contributed by atoms with van der Waals surface area (Å²) in [6.45, 7) is 2.60. The molecule has 1 unspecified atom stereocenters. The highest BCUT2D eigenvalue weighted by molar-refractivity contribution is 5.94. The topological polar surface area (TPSA) is 77.0 Å². The molecule has 0 N–H and O–H groups in total. The van der Waals surface area contributed by atoms with Crippen LogP contribution >= 0.6 is 0 Å². The fourth-order valence-corrected chi connectivity index (χ4v) is 3.07. The second kappa shape index (κ2) is 5.92. The number of amides is 1. The number of rotatable bonds is 3. The largest absolute Gasteiger partial charge is 0.359 e. The van der Waals surface area contributed by atoms with Crippen LogP contribution < -0.4 is 0 Å². The molecule has 7 nitrogen and oxygen atoms in total. The van der Waals surface area contributed by atoms with Crippen molar-refractivity contribution in [2.45, 2.75) is 25.8 Å². The smallest absolute Gasteiger partial charge is 0.256 e. The Bertz CT molecular complexity index is 838. The summed E-state index contributed by atoms with van der Waals surface area (Å²) in [5.74, 6) is 1.45. The van der Waals surface area contributed by atoms with Crippen LogP contribution in [0.15, 0.2) is 47.6 Å². The van der Waals surface area contributed by atoms with Gasteiger partial charge in [-0.05, 0) is 31.9 Å². The van der Waals surface area contributed by atoms with Crippen LogP contribution in [0, 0.1) is 6.92 Å². The lowest BCUT2D eigenvalue weighted by Crippen LogP contribution is -2.30. The first kappa shape index (κ1) is 14.6. The van der Waals surface area contributed by atoms with Gasteiger partial charge in [-0.2, -0.15) is 0 Å². The van der Waals surface area contributed by atoms with Gasteiger partial charge in [0.1, 0.15) is 12.1 Å². The first-order valence-electron chi connectivity index (χ1n) is 7.91. The van der Waals surface area contributed by atoms with Crippen LogP contribution in [0.3, 0.4) is 0 Å². The predicted octanol–water partition coefficient (Wildman–Crippen LogP) is 2.54. The maximum absolute atomic E-state index is 12.8. The molecule has 0 spiro atoms. The van der Waals surface area contributed by atoms with E-state index in [0.717, 1.165) is 30.1 Å². The molecule has 1 amide bonds. The van der Waals surface area contributed by atoms with E-state index in [-0.39, 0.29) is 11.9 Å². The molecule has 0 aromatic carbocycles. The quantitative estimate of drug-likeness (QED) is 0.740. The summed E-state index contributed by atoms with van der Waals surface area (Å²) in [4.78, 5) is 23.0. The second-order valence-electron chi connectivity index (χ2n) is 5.90. The molecule has 4 heterocycles. The first-order chi connectivity index (χ1) is 11.7. The molecule has 1 fully saturated rings. The van der Waals surface area contributed by atoms with Crippen molar-refractivity contribution in [1.29, 1.82) is 0 Å². The third-order valence-electron chi connectivity index (χ3n) is 4.25. The minimum atomic E-state index is -0.0491. The van der Waals surface area contributed by atoms with Crippen LogP contribution in [-0.2, 0) is 0 Å². The van der Waals surface area contributed by atoms with Crippen molar-refractivity contribution < 1.29 is 9.32 Å². The Balaban J connectivity index is 1.56. The summed E-state index contributed by atoms with van der Waals surface area (Å²) in [6.07, 6.45) is 8.63. The minimum absolute atomic E-state index is 0.0313. The number of nitrogens with zero attached hydrogens (tertiary/aromatic N) is 5. The molecule has 0 bridgehead atoms. The molecule has 3 aromatic heterocycles. The summed E-state index contributed by atoms with van der Waals surface area (Å²) in [7, 11) is 0. The molecule has 1 saturated heterocycles. The van der Waals surface area contributed by atoms with Crippen molar-refractivity contribution in [2.75, 3.05) is 6.54 Å². The summed E-state index contributed by atoms with van der Waals surface area (Å²) in [5, 5.41) is 3.93. The highest BCUT2D eigenvalue weighted by Gasteiger charge is 2.33. The molecule has 3 aromatic rings. The molecule has 0 radical (unpaired) electrons. The van der Waals surface area contributed by atoms with Crippen LogP contribution in [0.5, 0.6) is 0 Å². The van der Waals surface area contributed by atoms with Gasteiger partial charge in [0.25, 0.3) is 5.91 Å². The summed E-state index contributed by atoms with van der Waals surface area (Å²) < 4.78 is 7.16. The Kier molecular flexibility index (Phi) is 3.60. The molecular weight excluding hydrogens is 306 g/mol. The summed E-state index contributed by atoms with van der Waals surface area (Å²) in [5.41, 5.74) is 1.40. The van der Waals surface area contributed by atoms with Gasteiger partial charge in [-0.25, -0.2) is 9.97 Å². The van der Waals surface area contributed by atoms with Crippen molar-refractivity contribution >= 4 is 5.91 Å². The van der Waals surface area contributed by atoms with E-state index in [0.29, 0.717) is 12.1 Å². The lowest BCUT2D eigenvalue weighted by atomic mass is 10.1. The van der Waals surface area contributed by atoms with Crippen LogP contribution in [0.1, 0.15) is 40.7 Å². The fraction of sp³-hybridized carbons (Fsp3) is 0.294. The number of carbonyl (C=O) groups excluding carboxylic acids is 1. The molecule has 1 aliphatic rings. The molecule has 1 aliphatic heterocycles. The Hall–Kier alpha value is -2.96. The third kappa shape index (κ3) is 2.58. The number of likely N-dealkylation sites (tertiary alicyclic amines) is 1. The maximum Gasteiger partial charge on any atom is 0.256 e. The highest BCUT2D eigenvalue weighted by Crippen LogP contribution is 2.33. The number of aryl methyl sites for hydroxylation is 1. The van der Waals surface area contributed by atoms with E-state index in [2.05, 4.69) is 15.1 Å². The highest BCUT2D eigenvalue weighted by atomic mass is 16.5. The van der Waals surface area contributed by atoms with Crippen LogP contribution in [0.2, 0.25) is 0 Å². The number of aromatic nitrogens is 4. The van der Waals surface area contributed by atoms with E-state index in [1.54, 1.807) is 29.4 Å².